The van der Waals surface area contributed by atoms with Gasteiger partial charge in [-0.05, 0) is 56.4 Å². The van der Waals surface area contributed by atoms with Crippen LogP contribution in [0.2, 0.25) is 0 Å². The van der Waals surface area contributed by atoms with Crippen molar-refractivity contribution in [3.05, 3.63) is 52.1 Å². The number of carbonyl (C=O) groups excluding carboxylic acids is 1. The standard InChI is InChI=1S/C20H25FN4O2/c1-12-19(13(2)24-23-12)18-11-27-9-8-25(18)20(26)22-17-5-3-4-14-6-7-15(21)10-16(14)17/h6-7,10,17-18H,3-5,8-9,11H2,1-2H3,(H,22,26)(H,23,24)/t17-,18?/m1/s1. The number of nitrogens with one attached hydrogen (secondary N) is 2. The van der Waals surface area contributed by atoms with Gasteiger partial charge in [0, 0.05) is 17.8 Å². The van der Waals surface area contributed by atoms with Crippen LogP contribution >= 0.6 is 0 Å². The van der Waals surface area contributed by atoms with Crippen LogP contribution in [0, 0.1) is 19.7 Å². The van der Waals surface area contributed by atoms with E-state index in [0.29, 0.717) is 19.8 Å². The molecule has 7 heteroatoms. The molecule has 0 bridgehead atoms. The van der Waals surface area contributed by atoms with Crippen LogP contribution in [0.4, 0.5) is 9.18 Å². The van der Waals surface area contributed by atoms with Crippen LogP contribution in [0.1, 0.15) is 53.0 Å². The summed E-state index contributed by atoms with van der Waals surface area (Å²) in [6.07, 6.45) is 2.73. The number of fused-ring (bicyclic) bond motifs is 1. The van der Waals surface area contributed by atoms with Gasteiger partial charge in [0.1, 0.15) is 5.82 Å². The quantitative estimate of drug-likeness (QED) is 0.850. The van der Waals surface area contributed by atoms with Crippen molar-refractivity contribution in [2.45, 2.75) is 45.2 Å². The fourth-order valence-corrected chi connectivity index (χ4v) is 4.29. The van der Waals surface area contributed by atoms with E-state index in [-0.39, 0.29) is 23.9 Å². The minimum Gasteiger partial charge on any atom is -0.377 e. The molecule has 2 amide bonds. The molecule has 2 aromatic rings. The highest BCUT2D eigenvalue weighted by atomic mass is 19.1. The number of benzene rings is 1. The maximum atomic E-state index is 13.7. The monoisotopic (exact) mass is 372 g/mol. The number of nitrogens with zero attached hydrogens (tertiary/aromatic N) is 2. The van der Waals surface area contributed by atoms with Crippen LogP contribution in [0.3, 0.4) is 0 Å². The topological polar surface area (TPSA) is 70.2 Å². The van der Waals surface area contributed by atoms with Gasteiger partial charge in [0.15, 0.2) is 0 Å². The average molecular weight is 372 g/mol. The first-order valence-electron chi connectivity index (χ1n) is 9.49. The molecule has 0 spiro atoms. The van der Waals surface area contributed by atoms with Gasteiger partial charge in [-0.15, -0.1) is 0 Å². The number of morpholine rings is 1. The SMILES string of the molecule is Cc1n[nH]c(C)c1C1COCCN1C(=O)N[C@@H]1CCCc2ccc(F)cc21. The number of ether oxygens (including phenoxy) is 1. The molecule has 1 aliphatic carbocycles. The maximum Gasteiger partial charge on any atom is 0.318 e. The van der Waals surface area contributed by atoms with Crippen molar-refractivity contribution in [3.63, 3.8) is 0 Å². The molecule has 2 heterocycles. The van der Waals surface area contributed by atoms with E-state index in [1.54, 1.807) is 6.07 Å². The zero-order valence-electron chi connectivity index (χ0n) is 15.7. The van der Waals surface area contributed by atoms with E-state index >= 15 is 0 Å². The van der Waals surface area contributed by atoms with E-state index < -0.39 is 0 Å². The fraction of sp³-hybridized carbons (Fsp3) is 0.500. The number of hydrogen-bond donors (Lipinski definition) is 2. The van der Waals surface area contributed by atoms with Crippen LogP contribution in [0.25, 0.3) is 0 Å². The number of rotatable bonds is 2. The molecule has 6 nitrogen and oxygen atoms in total. The number of halogens is 1. The lowest BCUT2D eigenvalue weighted by atomic mass is 9.87. The summed E-state index contributed by atoms with van der Waals surface area (Å²) in [7, 11) is 0. The molecule has 144 valence electrons. The molecule has 1 saturated heterocycles. The third-order valence-electron chi connectivity index (χ3n) is 5.63. The lowest BCUT2D eigenvalue weighted by Gasteiger charge is -2.37. The highest BCUT2D eigenvalue weighted by molar-refractivity contribution is 5.75. The van der Waals surface area contributed by atoms with Crippen molar-refractivity contribution in [3.8, 4) is 0 Å². The number of H-pyrrole nitrogens is 1. The number of carbonyl (C=O) groups is 1. The maximum absolute atomic E-state index is 13.7. The van der Waals surface area contributed by atoms with E-state index in [2.05, 4.69) is 15.5 Å². The summed E-state index contributed by atoms with van der Waals surface area (Å²) in [6.45, 7) is 5.37. The second-order valence-corrected chi connectivity index (χ2v) is 7.37. The molecule has 1 aromatic heterocycles. The Morgan fingerprint density at radius 2 is 2.26 bits per heavy atom. The molecule has 2 aliphatic rings. The number of amides is 2. The minimum atomic E-state index is -0.260. The first kappa shape index (κ1) is 18.0. The van der Waals surface area contributed by atoms with Crippen molar-refractivity contribution in [2.75, 3.05) is 19.8 Å². The number of urea groups is 1. The Morgan fingerprint density at radius 3 is 3.04 bits per heavy atom. The number of hydrogen-bond acceptors (Lipinski definition) is 3. The molecule has 4 rings (SSSR count). The Labute approximate surface area is 158 Å². The Bertz CT molecular complexity index is 831. The third-order valence-corrected chi connectivity index (χ3v) is 5.63. The van der Waals surface area contributed by atoms with Crippen LogP contribution < -0.4 is 5.32 Å². The third kappa shape index (κ3) is 3.43. The van der Waals surface area contributed by atoms with Gasteiger partial charge in [0.25, 0.3) is 0 Å². The molecule has 1 aromatic carbocycles. The van der Waals surface area contributed by atoms with E-state index in [1.165, 1.54) is 6.07 Å². The first-order chi connectivity index (χ1) is 13.0. The first-order valence-corrected chi connectivity index (χ1v) is 9.49. The molecular formula is C20H25FN4O2. The van der Waals surface area contributed by atoms with Gasteiger partial charge in [-0.1, -0.05) is 6.07 Å². The van der Waals surface area contributed by atoms with Gasteiger partial charge in [-0.3, -0.25) is 5.10 Å². The molecule has 2 atom stereocenters. The summed E-state index contributed by atoms with van der Waals surface area (Å²) in [5, 5.41) is 10.4. The van der Waals surface area contributed by atoms with Gasteiger partial charge in [0.2, 0.25) is 0 Å². The van der Waals surface area contributed by atoms with Crippen molar-refractivity contribution in [1.82, 2.24) is 20.4 Å². The Hall–Kier alpha value is -2.41. The van der Waals surface area contributed by atoms with Gasteiger partial charge in [0.05, 0.1) is 31.0 Å². The van der Waals surface area contributed by atoms with Crippen LogP contribution in [0.15, 0.2) is 18.2 Å². The Balaban J connectivity index is 1.56. The normalized spacial score (nSPS) is 22.4. The largest absolute Gasteiger partial charge is 0.377 e. The minimum absolute atomic E-state index is 0.134. The highest BCUT2D eigenvalue weighted by Gasteiger charge is 2.33. The van der Waals surface area contributed by atoms with Gasteiger partial charge in [-0.2, -0.15) is 5.10 Å². The molecule has 27 heavy (non-hydrogen) atoms. The number of aromatic nitrogens is 2. The predicted octanol–water partition coefficient (Wildman–Crippen LogP) is 3.33. The lowest BCUT2D eigenvalue weighted by Crippen LogP contribution is -2.49. The molecule has 1 unspecified atom stereocenters. The van der Waals surface area contributed by atoms with E-state index in [9.17, 15) is 9.18 Å². The molecular weight excluding hydrogens is 347 g/mol. The average Bonchev–Trinajstić information content (AvgIpc) is 3.00. The summed E-state index contributed by atoms with van der Waals surface area (Å²) in [5.41, 5.74) is 4.86. The van der Waals surface area contributed by atoms with Gasteiger partial charge < -0.3 is 15.0 Å². The van der Waals surface area contributed by atoms with Crippen molar-refractivity contribution in [1.29, 1.82) is 0 Å². The summed E-state index contributed by atoms with van der Waals surface area (Å²) in [4.78, 5) is 14.9. The summed E-state index contributed by atoms with van der Waals surface area (Å²) >= 11 is 0. The fourth-order valence-electron chi connectivity index (χ4n) is 4.29. The number of aromatic amines is 1. The summed E-state index contributed by atoms with van der Waals surface area (Å²) < 4.78 is 19.4. The van der Waals surface area contributed by atoms with E-state index in [1.807, 2.05) is 24.8 Å². The predicted molar refractivity (Wildman–Crippen MR) is 98.9 cm³/mol. The van der Waals surface area contributed by atoms with E-state index in [4.69, 9.17) is 4.74 Å². The van der Waals surface area contributed by atoms with Gasteiger partial charge >= 0.3 is 6.03 Å². The lowest BCUT2D eigenvalue weighted by molar-refractivity contribution is 0.0105. The molecule has 1 aliphatic heterocycles. The smallest absolute Gasteiger partial charge is 0.318 e. The van der Waals surface area contributed by atoms with Crippen molar-refractivity contribution < 1.29 is 13.9 Å². The second kappa shape index (κ2) is 7.31. The molecule has 0 radical (unpaired) electrons. The zero-order valence-corrected chi connectivity index (χ0v) is 15.7. The van der Waals surface area contributed by atoms with Crippen molar-refractivity contribution in [2.24, 2.45) is 0 Å². The summed E-state index contributed by atoms with van der Waals surface area (Å²) in [5.74, 6) is -0.260. The van der Waals surface area contributed by atoms with Crippen LogP contribution in [0.5, 0.6) is 0 Å². The second-order valence-electron chi connectivity index (χ2n) is 7.37. The van der Waals surface area contributed by atoms with Crippen molar-refractivity contribution >= 4 is 6.03 Å². The van der Waals surface area contributed by atoms with Crippen LogP contribution in [-0.4, -0.2) is 40.9 Å². The number of aryl methyl sites for hydroxylation is 3. The zero-order chi connectivity index (χ0) is 19.0. The molecule has 1 fully saturated rings. The molecule has 2 N–H and O–H groups in total. The Kier molecular flexibility index (Phi) is 4.86. The van der Waals surface area contributed by atoms with Gasteiger partial charge in [-0.25, -0.2) is 9.18 Å². The Morgan fingerprint density at radius 1 is 1.41 bits per heavy atom. The summed E-state index contributed by atoms with van der Waals surface area (Å²) in [6, 6.07) is 4.41. The van der Waals surface area contributed by atoms with Crippen LogP contribution in [-0.2, 0) is 11.2 Å². The molecule has 0 saturated carbocycles. The van der Waals surface area contributed by atoms with E-state index in [0.717, 1.165) is 47.3 Å². The highest BCUT2D eigenvalue weighted by Crippen LogP contribution is 2.32.